The normalized spacial score (nSPS) is 20.3. The Balaban J connectivity index is 2.30. The minimum atomic E-state index is -0.886. The van der Waals surface area contributed by atoms with E-state index >= 15 is 0 Å². The van der Waals surface area contributed by atoms with Crippen molar-refractivity contribution in [1.29, 1.82) is 0 Å². The van der Waals surface area contributed by atoms with Crippen molar-refractivity contribution < 1.29 is 19.8 Å². The first-order valence-corrected chi connectivity index (χ1v) is 7.12. The third-order valence-corrected chi connectivity index (χ3v) is 3.71. The number of hydrogen-bond donors (Lipinski definition) is 3. The van der Waals surface area contributed by atoms with E-state index in [0.29, 0.717) is 0 Å². The molecular weight excluding hydrogens is 246 g/mol. The number of carboxylic acid groups (broad SMARTS) is 1. The number of carboxylic acids is 1. The fraction of sp³-hybridized carbons (Fsp3) is 0.857. The summed E-state index contributed by atoms with van der Waals surface area (Å²) in [7, 11) is 0. The van der Waals surface area contributed by atoms with E-state index in [2.05, 4.69) is 5.32 Å². The smallest absolute Gasteiger partial charge is 0.303 e. The van der Waals surface area contributed by atoms with Crippen LogP contribution >= 0.6 is 0 Å². The van der Waals surface area contributed by atoms with E-state index in [1.807, 2.05) is 0 Å². The van der Waals surface area contributed by atoms with Gasteiger partial charge in [0.25, 0.3) is 0 Å². The SMILES string of the molecule is CC(CC(=O)O)CC(=O)NCC1(O)CCCCCC1. The Labute approximate surface area is 114 Å². The van der Waals surface area contributed by atoms with Crippen molar-refractivity contribution in [3.8, 4) is 0 Å². The third-order valence-electron chi connectivity index (χ3n) is 3.71. The van der Waals surface area contributed by atoms with Gasteiger partial charge in [0.05, 0.1) is 5.60 Å². The molecule has 5 heteroatoms. The summed E-state index contributed by atoms with van der Waals surface area (Å²) in [6, 6.07) is 0. The fourth-order valence-electron chi connectivity index (χ4n) is 2.59. The zero-order valence-electron chi connectivity index (χ0n) is 11.7. The lowest BCUT2D eigenvalue weighted by Gasteiger charge is -2.27. The van der Waals surface area contributed by atoms with E-state index in [1.165, 1.54) is 0 Å². The van der Waals surface area contributed by atoms with Crippen molar-refractivity contribution in [2.75, 3.05) is 6.54 Å². The van der Waals surface area contributed by atoms with Crippen molar-refractivity contribution in [1.82, 2.24) is 5.32 Å². The largest absolute Gasteiger partial charge is 0.481 e. The van der Waals surface area contributed by atoms with E-state index in [9.17, 15) is 14.7 Å². The van der Waals surface area contributed by atoms with Gasteiger partial charge in [0.2, 0.25) is 5.91 Å². The van der Waals surface area contributed by atoms with Crippen LogP contribution < -0.4 is 5.32 Å². The Hall–Kier alpha value is -1.10. The molecule has 0 radical (unpaired) electrons. The second kappa shape index (κ2) is 7.48. The molecule has 1 fully saturated rings. The van der Waals surface area contributed by atoms with Crippen LogP contribution in [-0.4, -0.2) is 34.2 Å². The highest BCUT2D eigenvalue weighted by Crippen LogP contribution is 2.26. The fourth-order valence-corrected chi connectivity index (χ4v) is 2.59. The van der Waals surface area contributed by atoms with Crippen LogP contribution in [0.25, 0.3) is 0 Å². The number of amides is 1. The molecule has 1 atom stereocenters. The molecule has 0 aliphatic heterocycles. The van der Waals surface area contributed by atoms with Crippen LogP contribution in [0.1, 0.15) is 58.3 Å². The number of aliphatic carboxylic acids is 1. The van der Waals surface area contributed by atoms with Gasteiger partial charge in [-0.2, -0.15) is 0 Å². The first-order chi connectivity index (χ1) is 8.91. The summed E-state index contributed by atoms with van der Waals surface area (Å²) in [5.41, 5.74) is -0.776. The zero-order valence-corrected chi connectivity index (χ0v) is 11.7. The van der Waals surface area contributed by atoms with Gasteiger partial charge >= 0.3 is 5.97 Å². The highest BCUT2D eigenvalue weighted by molar-refractivity contribution is 5.77. The van der Waals surface area contributed by atoms with E-state index in [1.54, 1.807) is 6.92 Å². The summed E-state index contributed by atoms with van der Waals surface area (Å²) in [4.78, 5) is 22.2. The maximum absolute atomic E-state index is 11.7. The van der Waals surface area contributed by atoms with Gasteiger partial charge in [0, 0.05) is 19.4 Å². The van der Waals surface area contributed by atoms with Crippen molar-refractivity contribution in [2.24, 2.45) is 5.92 Å². The molecule has 5 nitrogen and oxygen atoms in total. The lowest BCUT2D eigenvalue weighted by Crippen LogP contribution is -2.42. The maximum Gasteiger partial charge on any atom is 0.303 e. The summed E-state index contributed by atoms with van der Waals surface area (Å²) in [6.07, 6.45) is 5.96. The first kappa shape index (κ1) is 16.0. The lowest BCUT2D eigenvalue weighted by atomic mass is 9.94. The van der Waals surface area contributed by atoms with E-state index < -0.39 is 11.6 Å². The Bertz CT molecular complexity index is 309. The number of carbonyl (C=O) groups is 2. The van der Waals surface area contributed by atoms with Gasteiger partial charge in [0.1, 0.15) is 0 Å². The minimum absolute atomic E-state index is 0.00229. The summed E-state index contributed by atoms with van der Waals surface area (Å²) in [5.74, 6) is -1.24. The molecule has 0 aromatic carbocycles. The summed E-state index contributed by atoms with van der Waals surface area (Å²) >= 11 is 0. The van der Waals surface area contributed by atoms with Crippen LogP contribution in [0.3, 0.4) is 0 Å². The van der Waals surface area contributed by atoms with Crippen molar-refractivity contribution in [3.63, 3.8) is 0 Å². The standard InChI is InChI=1S/C14H25NO4/c1-11(9-13(17)18)8-12(16)15-10-14(19)6-4-2-3-5-7-14/h11,19H,2-10H2,1H3,(H,15,16)(H,17,18). The number of aliphatic hydroxyl groups is 1. The molecule has 1 saturated carbocycles. The molecule has 3 N–H and O–H groups in total. The van der Waals surface area contributed by atoms with Gasteiger partial charge < -0.3 is 15.5 Å². The molecule has 19 heavy (non-hydrogen) atoms. The van der Waals surface area contributed by atoms with E-state index in [0.717, 1.165) is 38.5 Å². The Morgan fingerprint density at radius 1 is 1.16 bits per heavy atom. The average Bonchev–Trinajstić information content (AvgIpc) is 2.51. The maximum atomic E-state index is 11.7. The minimum Gasteiger partial charge on any atom is -0.481 e. The van der Waals surface area contributed by atoms with Crippen LogP contribution in [0, 0.1) is 5.92 Å². The Morgan fingerprint density at radius 2 is 1.74 bits per heavy atom. The van der Waals surface area contributed by atoms with Crippen LogP contribution in [0.2, 0.25) is 0 Å². The molecule has 1 unspecified atom stereocenters. The molecule has 1 rings (SSSR count). The number of hydrogen-bond acceptors (Lipinski definition) is 3. The van der Waals surface area contributed by atoms with E-state index in [4.69, 9.17) is 5.11 Å². The Morgan fingerprint density at radius 3 is 2.26 bits per heavy atom. The predicted molar refractivity (Wildman–Crippen MR) is 71.7 cm³/mol. The van der Waals surface area contributed by atoms with Gasteiger partial charge in [-0.25, -0.2) is 0 Å². The third kappa shape index (κ3) is 6.57. The second-order valence-electron chi connectivity index (χ2n) is 5.82. The first-order valence-electron chi connectivity index (χ1n) is 7.12. The molecule has 0 aromatic heterocycles. The monoisotopic (exact) mass is 271 g/mol. The molecular formula is C14H25NO4. The lowest BCUT2D eigenvalue weighted by molar-refractivity contribution is -0.138. The highest BCUT2D eigenvalue weighted by atomic mass is 16.4. The number of carbonyl (C=O) groups excluding carboxylic acids is 1. The van der Waals surface area contributed by atoms with Crippen LogP contribution in [0.5, 0.6) is 0 Å². The Kier molecular flexibility index (Phi) is 6.28. The molecule has 0 bridgehead atoms. The van der Waals surface area contributed by atoms with Crippen molar-refractivity contribution >= 4 is 11.9 Å². The molecule has 110 valence electrons. The molecule has 1 aliphatic carbocycles. The number of nitrogens with one attached hydrogen (secondary N) is 1. The molecule has 0 heterocycles. The number of rotatable bonds is 6. The second-order valence-corrected chi connectivity index (χ2v) is 5.82. The summed E-state index contributed by atoms with van der Waals surface area (Å²) < 4.78 is 0. The zero-order chi connectivity index (χ0) is 14.3. The molecule has 0 spiro atoms. The predicted octanol–water partition coefficient (Wildman–Crippen LogP) is 1.69. The van der Waals surface area contributed by atoms with Crippen LogP contribution in [0.15, 0.2) is 0 Å². The van der Waals surface area contributed by atoms with Gasteiger partial charge in [0.15, 0.2) is 0 Å². The topological polar surface area (TPSA) is 86.6 Å². The average molecular weight is 271 g/mol. The van der Waals surface area contributed by atoms with Crippen molar-refractivity contribution in [2.45, 2.75) is 63.9 Å². The summed E-state index contributed by atoms with van der Waals surface area (Å²) in [5, 5.41) is 21.7. The van der Waals surface area contributed by atoms with Gasteiger partial charge in [-0.15, -0.1) is 0 Å². The van der Waals surface area contributed by atoms with Crippen LogP contribution in [-0.2, 0) is 9.59 Å². The molecule has 0 saturated heterocycles. The van der Waals surface area contributed by atoms with Gasteiger partial charge in [-0.1, -0.05) is 32.6 Å². The quantitative estimate of drug-likeness (QED) is 0.642. The van der Waals surface area contributed by atoms with E-state index in [-0.39, 0.29) is 31.2 Å². The molecule has 1 amide bonds. The highest BCUT2D eigenvalue weighted by Gasteiger charge is 2.28. The molecule has 1 aliphatic rings. The van der Waals surface area contributed by atoms with Crippen LogP contribution in [0.4, 0.5) is 0 Å². The van der Waals surface area contributed by atoms with Gasteiger partial charge in [-0.3, -0.25) is 9.59 Å². The van der Waals surface area contributed by atoms with Crippen molar-refractivity contribution in [3.05, 3.63) is 0 Å². The molecule has 0 aromatic rings. The van der Waals surface area contributed by atoms with Gasteiger partial charge in [-0.05, 0) is 18.8 Å². The summed E-state index contributed by atoms with van der Waals surface area (Å²) in [6.45, 7) is 2.03.